The minimum absolute atomic E-state index is 0.0965. The molecule has 0 aliphatic heterocycles. The third kappa shape index (κ3) is 5.34. The Bertz CT molecular complexity index is 1490. The third-order valence-electron chi connectivity index (χ3n) is 5.37. The van der Waals surface area contributed by atoms with E-state index in [4.69, 9.17) is 9.47 Å². The molecule has 2 aromatic heterocycles. The number of sulfonamides is 1. The first kappa shape index (κ1) is 25.2. The van der Waals surface area contributed by atoms with Gasteiger partial charge in [0.15, 0.2) is 5.82 Å². The number of amides is 1. The SMILES string of the molecule is CCOc1ccc(NC(C)=O)cc1S(=O)(=O)N[C@H](C)c1nnc(Oc2ccc3cc[nH]c3c2)n1CC. The highest BCUT2D eigenvalue weighted by Crippen LogP contribution is 2.30. The molecule has 4 rings (SSSR count). The Kier molecular flexibility index (Phi) is 7.27. The molecule has 1 amide bonds. The highest BCUT2D eigenvalue weighted by Gasteiger charge is 2.27. The number of ether oxygens (including phenoxy) is 2. The second-order valence-electron chi connectivity index (χ2n) is 8.03. The van der Waals surface area contributed by atoms with Gasteiger partial charge in [0.1, 0.15) is 16.4 Å². The van der Waals surface area contributed by atoms with Crippen molar-refractivity contribution in [1.29, 1.82) is 0 Å². The van der Waals surface area contributed by atoms with Gasteiger partial charge in [0, 0.05) is 36.9 Å². The number of hydrogen-bond acceptors (Lipinski definition) is 7. The van der Waals surface area contributed by atoms with E-state index >= 15 is 0 Å². The summed E-state index contributed by atoms with van der Waals surface area (Å²) in [5.74, 6) is 0.811. The van der Waals surface area contributed by atoms with Crippen molar-refractivity contribution in [2.45, 2.75) is 45.2 Å². The molecule has 0 spiro atoms. The smallest absolute Gasteiger partial charge is 0.322 e. The first-order chi connectivity index (χ1) is 17.2. The van der Waals surface area contributed by atoms with Crippen LogP contribution in [0.1, 0.15) is 39.6 Å². The van der Waals surface area contributed by atoms with Crippen molar-refractivity contribution in [1.82, 2.24) is 24.5 Å². The highest BCUT2D eigenvalue weighted by atomic mass is 32.2. The number of fused-ring (bicyclic) bond motifs is 1. The van der Waals surface area contributed by atoms with E-state index in [-0.39, 0.29) is 29.2 Å². The van der Waals surface area contributed by atoms with E-state index in [1.807, 2.05) is 37.4 Å². The Hall–Kier alpha value is -3.90. The lowest BCUT2D eigenvalue weighted by atomic mass is 10.2. The van der Waals surface area contributed by atoms with Gasteiger partial charge in [0.25, 0.3) is 0 Å². The number of carbonyl (C=O) groups excluding carboxylic acids is 1. The second-order valence-corrected chi connectivity index (χ2v) is 9.71. The van der Waals surface area contributed by atoms with E-state index in [0.717, 1.165) is 10.9 Å². The lowest BCUT2D eigenvalue weighted by Crippen LogP contribution is -2.29. The molecule has 190 valence electrons. The first-order valence-electron chi connectivity index (χ1n) is 11.5. The zero-order valence-corrected chi connectivity index (χ0v) is 21.2. The summed E-state index contributed by atoms with van der Waals surface area (Å²) in [5.41, 5.74) is 1.26. The van der Waals surface area contributed by atoms with E-state index in [2.05, 4.69) is 25.2 Å². The molecule has 2 heterocycles. The molecule has 0 aliphatic rings. The van der Waals surface area contributed by atoms with Gasteiger partial charge in [-0.15, -0.1) is 5.10 Å². The van der Waals surface area contributed by atoms with Gasteiger partial charge < -0.3 is 19.8 Å². The summed E-state index contributed by atoms with van der Waals surface area (Å²) in [5, 5.41) is 12.0. The van der Waals surface area contributed by atoms with E-state index in [9.17, 15) is 13.2 Å². The average Bonchev–Trinajstić information content (AvgIpc) is 3.46. The Morgan fingerprint density at radius 1 is 1.14 bits per heavy atom. The average molecular weight is 513 g/mol. The van der Waals surface area contributed by atoms with Crippen molar-refractivity contribution in [2.24, 2.45) is 0 Å². The van der Waals surface area contributed by atoms with Crippen LogP contribution in [-0.2, 0) is 21.4 Å². The standard InChI is InChI=1S/C24H28N6O5S/c1-5-30-23(27-28-24(30)35-19-9-7-17-11-12-25-20(17)14-19)15(3)29-36(32,33)22-13-18(26-16(4)31)8-10-21(22)34-6-2/h7-15,25,29H,5-6H2,1-4H3,(H,26,31)/t15-/m1/s1. The van der Waals surface area contributed by atoms with Crippen molar-refractivity contribution in [2.75, 3.05) is 11.9 Å². The van der Waals surface area contributed by atoms with Crippen LogP contribution >= 0.6 is 0 Å². The fourth-order valence-corrected chi connectivity index (χ4v) is 5.18. The molecule has 4 aromatic rings. The lowest BCUT2D eigenvalue weighted by molar-refractivity contribution is -0.114. The highest BCUT2D eigenvalue weighted by molar-refractivity contribution is 7.89. The van der Waals surface area contributed by atoms with Crippen LogP contribution in [0, 0.1) is 0 Å². The van der Waals surface area contributed by atoms with Gasteiger partial charge in [0.2, 0.25) is 15.9 Å². The molecule has 0 bridgehead atoms. The van der Waals surface area contributed by atoms with Crippen molar-refractivity contribution >= 4 is 32.5 Å². The van der Waals surface area contributed by atoms with Gasteiger partial charge in [-0.25, -0.2) is 13.1 Å². The maximum absolute atomic E-state index is 13.4. The van der Waals surface area contributed by atoms with Gasteiger partial charge >= 0.3 is 6.01 Å². The van der Waals surface area contributed by atoms with Gasteiger partial charge in [-0.1, -0.05) is 5.10 Å². The summed E-state index contributed by atoms with van der Waals surface area (Å²) < 4.78 is 42.5. The molecule has 0 radical (unpaired) electrons. The van der Waals surface area contributed by atoms with E-state index in [1.54, 1.807) is 24.5 Å². The monoisotopic (exact) mass is 512 g/mol. The topological polar surface area (TPSA) is 140 Å². The molecule has 3 N–H and O–H groups in total. The third-order valence-corrected chi connectivity index (χ3v) is 6.93. The number of benzene rings is 2. The number of carbonyl (C=O) groups is 1. The van der Waals surface area contributed by atoms with Crippen LogP contribution in [0.5, 0.6) is 17.5 Å². The van der Waals surface area contributed by atoms with Crippen LogP contribution in [0.25, 0.3) is 10.9 Å². The van der Waals surface area contributed by atoms with Crippen LogP contribution in [0.4, 0.5) is 5.69 Å². The predicted molar refractivity (Wildman–Crippen MR) is 135 cm³/mol. The summed E-state index contributed by atoms with van der Waals surface area (Å²) in [6.07, 6.45) is 1.84. The van der Waals surface area contributed by atoms with E-state index in [1.165, 1.54) is 19.1 Å². The first-order valence-corrected chi connectivity index (χ1v) is 12.9. The van der Waals surface area contributed by atoms with Crippen LogP contribution < -0.4 is 19.5 Å². The fraction of sp³-hybridized carbons (Fsp3) is 0.292. The molecule has 36 heavy (non-hydrogen) atoms. The lowest BCUT2D eigenvalue weighted by Gasteiger charge is -2.18. The molecule has 0 aliphatic carbocycles. The molecule has 2 aromatic carbocycles. The molecule has 0 unspecified atom stereocenters. The summed E-state index contributed by atoms with van der Waals surface area (Å²) in [6, 6.07) is 11.5. The number of H-pyrrole nitrogens is 1. The van der Waals surface area contributed by atoms with Gasteiger partial charge in [0.05, 0.1) is 12.6 Å². The number of aromatic nitrogens is 4. The number of aromatic amines is 1. The number of nitrogens with zero attached hydrogens (tertiary/aromatic N) is 3. The van der Waals surface area contributed by atoms with Crippen LogP contribution in [-0.4, -0.2) is 40.7 Å². The summed E-state index contributed by atoms with van der Waals surface area (Å²) in [6.45, 7) is 7.39. The Balaban J connectivity index is 1.60. The molecular formula is C24H28N6O5S. The molecular weight excluding hydrogens is 484 g/mol. The number of rotatable bonds is 10. The zero-order chi connectivity index (χ0) is 25.9. The Morgan fingerprint density at radius 3 is 2.67 bits per heavy atom. The molecule has 12 heteroatoms. The minimum atomic E-state index is -4.06. The molecule has 1 atom stereocenters. The Labute approximate surface area is 208 Å². The van der Waals surface area contributed by atoms with E-state index < -0.39 is 16.1 Å². The maximum atomic E-state index is 13.4. The maximum Gasteiger partial charge on any atom is 0.322 e. The normalized spacial score (nSPS) is 12.4. The molecule has 0 saturated heterocycles. The van der Waals surface area contributed by atoms with Crippen LogP contribution in [0.15, 0.2) is 53.6 Å². The predicted octanol–water partition coefficient (Wildman–Crippen LogP) is 3.97. The second kappa shape index (κ2) is 10.4. The zero-order valence-electron chi connectivity index (χ0n) is 20.4. The number of nitrogens with one attached hydrogen (secondary N) is 3. The molecule has 0 saturated carbocycles. The minimum Gasteiger partial charge on any atom is -0.492 e. The van der Waals surface area contributed by atoms with Crippen molar-refractivity contribution in [3.05, 3.63) is 54.5 Å². The van der Waals surface area contributed by atoms with Gasteiger partial charge in [-0.05, 0) is 62.6 Å². The van der Waals surface area contributed by atoms with E-state index in [0.29, 0.717) is 23.8 Å². The fourth-order valence-electron chi connectivity index (χ4n) is 3.81. The van der Waals surface area contributed by atoms with Crippen LogP contribution in [0.2, 0.25) is 0 Å². The van der Waals surface area contributed by atoms with Crippen molar-refractivity contribution in [3.8, 4) is 17.5 Å². The number of hydrogen-bond donors (Lipinski definition) is 3. The van der Waals surface area contributed by atoms with Crippen LogP contribution in [0.3, 0.4) is 0 Å². The van der Waals surface area contributed by atoms with Crippen molar-refractivity contribution < 1.29 is 22.7 Å². The van der Waals surface area contributed by atoms with Gasteiger partial charge in [-0.3, -0.25) is 9.36 Å². The summed E-state index contributed by atoms with van der Waals surface area (Å²) in [7, 11) is -4.06. The largest absolute Gasteiger partial charge is 0.492 e. The Morgan fingerprint density at radius 2 is 1.94 bits per heavy atom. The number of anilines is 1. The summed E-state index contributed by atoms with van der Waals surface area (Å²) >= 11 is 0. The summed E-state index contributed by atoms with van der Waals surface area (Å²) in [4.78, 5) is 14.5. The van der Waals surface area contributed by atoms with Crippen molar-refractivity contribution in [3.63, 3.8) is 0 Å². The quantitative estimate of drug-likeness (QED) is 0.292. The molecule has 0 fully saturated rings. The molecule has 11 nitrogen and oxygen atoms in total. The van der Waals surface area contributed by atoms with Gasteiger partial charge in [-0.2, -0.15) is 0 Å².